The second-order valence-electron chi connectivity index (χ2n) is 6.41. The second kappa shape index (κ2) is 7.22. The zero-order chi connectivity index (χ0) is 18.1. The van der Waals surface area contributed by atoms with Crippen molar-refractivity contribution in [3.05, 3.63) is 11.6 Å². The van der Waals surface area contributed by atoms with Crippen molar-refractivity contribution in [1.29, 1.82) is 0 Å². The molecule has 4 rings (SSSR count). The first kappa shape index (κ1) is 17.3. The summed E-state index contributed by atoms with van der Waals surface area (Å²) in [7, 11) is 0. The van der Waals surface area contributed by atoms with Crippen molar-refractivity contribution in [3.8, 4) is 0 Å². The minimum atomic E-state index is 0.0993. The number of urea groups is 1. The molecule has 2 aliphatic rings. The van der Waals surface area contributed by atoms with E-state index < -0.39 is 0 Å². The van der Waals surface area contributed by atoms with Crippen LogP contribution in [-0.2, 0) is 4.74 Å². The first-order valence-corrected chi connectivity index (χ1v) is 9.03. The van der Waals surface area contributed by atoms with Crippen LogP contribution in [0.2, 0.25) is 5.28 Å². The molecule has 0 radical (unpaired) electrons. The summed E-state index contributed by atoms with van der Waals surface area (Å²) in [5.74, 6) is 5.89. The lowest BCUT2D eigenvalue weighted by molar-refractivity contribution is 0.0403. The number of carbonyl (C=O) groups is 1. The fourth-order valence-electron chi connectivity index (χ4n) is 3.55. The summed E-state index contributed by atoms with van der Waals surface area (Å²) in [4.78, 5) is 29.1. The molecule has 4 heterocycles. The maximum absolute atomic E-state index is 12.6. The third-order valence-corrected chi connectivity index (χ3v) is 5.11. The number of hydrogen-bond donors (Lipinski definition) is 2. The van der Waals surface area contributed by atoms with Crippen LogP contribution >= 0.6 is 11.6 Å². The van der Waals surface area contributed by atoms with Crippen LogP contribution in [0.15, 0.2) is 6.33 Å². The number of halogens is 1. The van der Waals surface area contributed by atoms with Gasteiger partial charge in [-0.1, -0.05) is 0 Å². The van der Waals surface area contributed by atoms with E-state index in [-0.39, 0.29) is 17.4 Å². The number of likely N-dealkylation sites (tertiary alicyclic amines) is 1. The first-order chi connectivity index (χ1) is 12.7. The minimum absolute atomic E-state index is 0.0993. The number of aromatic nitrogens is 4. The van der Waals surface area contributed by atoms with Crippen molar-refractivity contribution in [2.75, 3.05) is 44.8 Å². The number of hydrazine groups is 1. The van der Waals surface area contributed by atoms with E-state index in [1.54, 1.807) is 6.33 Å². The minimum Gasteiger partial charge on any atom is -0.378 e. The number of morpholine rings is 1. The highest BCUT2D eigenvalue weighted by atomic mass is 35.5. The van der Waals surface area contributed by atoms with Crippen molar-refractivity contribution in [2.45, 2.75) is 18.9 Å². The van der Waals surface area contributed by atoms with Gasteiger partial charge in [0, 0.05) is 32.2 Å². The van der Waals surface area contributed by atoms with Crippen LogP contribution in [0.5, 0.6) is 0 Å². The molecule has 0 atom stereocenters. The summed E-state index contributed by atoms with van der Waals surface area (Å²) in [5, 5.41) is 0.118. The van der Waals surface area contributed by atoms with Crippen molar-refractivity contribution in [1.82, 2.24) is 29.3 Å². The quantitative estimate of drug-likeness (QED) is 0.451. The largest absolute Gasteiger partial charge is 0.378 e. The number of nitrogen functional groups attached to an aromatic ring is 1. The zero-order valence-corrected chi connectivity index (χ0v) is 15.0. The van der Waals surface area contributed by atoms with E-state index in [1.165, 1.54) is 0 Å². The molecule has 2 aromatic heterocycles. The number of nitrogens with zero attached hydrogens (tertiary/aromatic N) is 6. The first-order valence-electron chi connectivity index (χ1n) is 8.65. The molecule has 10 nitrogen and oxygen atoms in total. The summed E-state index contributed by atoms with van der Waals surface area (Å²) in [5.41, 5.74) is 3.74. The Bertz CT molecular complexity index is 798. The highest BCUT2D eigenvalue weighted by Gasteiger charge is 2.29. The molecule has 2 fully saturated rings. The second-order valence-corrected chi connectivity index (χ2v) is 6.75. The molecule has 11 heteroatoms. The van der Waals surface area contributed by atoms with Crippen LogP contribution in [0.3, 0.4) is 0 Å². The highest BCUT2D eigenvalue weighted by molar-refractivity contribution is 6.28. The van der Waals surface area contributed by atoms with E-state index in [0.717, 1.165) is 12.8 Å². The Morgan fingerprint density at radius 3 is 2.58 bits per heavy atom. The van der Waals surface area contributed by atoms with E-state index >= 15 is 0 Å². The lowest BCUT2D eigenvalue weighted by Gasteiger charge is -2.37. The molecule has 26 heavy (non-hydrogen) atoms. The molecule has 2 aliphatic heterocycles. The van der Waals surface area contributed by atoms with Crippen molar-refractivity contribution < 1.29 is 9.53 Å². The molecular formula is C15H21ClN8O2. The molecule has 0 unspecified atom stereocenters. The highest BCUT2D eigenvalue weighted by Crippen LogP contribution is 2.28. The number of anilines is 1. The lowest BCUT2D eigenvalue weighted by Crippen LogP contribution is -2.50. The van der Waals surface area contributed by atoms with Gasteiger partial charge in [-0.05, 0) is 24.4 Å². The Kier molecular flexibility index (Phi) is 4.79. The number of carbonyl (C=O) groups excluding carboxylic acids is 1. The van der Waals surface area contributed by atoms with E-state index in [0.29, 0.717) is 56.4 Å². The predicted octanol–water partition coefficient (Wildman–Crippen LogP) is 0.854. The maximum Gasteiger partial charge on any atom is 0.320 e. The third-order valence-electron chi connectivity index (χ3n) is 4.94. The van der Waals surface area contributed by atoms with Gasteiger partial charge in [0.05, 0.1) is 19.5 Å². The normalized spacial score (nSPS) is 19.2. The number of imidazole rings is 1. The van der Waals surface area contributed by atoms with Crippen LogP contribution < -0.4 is 11.3 Å². The number of amides is 2. The van der Waals surface area contributed by atoms with Gasteiger partial charge in [-0.15, -0.1) is 0 Å². The summed E-state index contributed by atoms with van der Waals surface area (Å²) < 4.78 is 7.31. The number of nitrogens with two attached hydrogens (primary N) is 1. The molecular weight excluding hydrogens is 360 g/mol. The molecule has 0 saturated carbocycles. The standard InChI is InChI=1S/C15H21ClN8O2/c16-14-19-12(21-17)11-13(20-14)24(9-18-11)10-1-3-22(4-2-10)15(25)23-5-7-26-8-6-23/h9-10H,1-8,17H2,(H,19,20,21). The van der Waals surface area contributed by atoms with Gasteiger partial charge >= 0.3 is 6.03 Å². The Morgan fingerprint density at radius 1 is 1.19 bits per heavy atom. The van der Waals surface area contributed by atoms with E-state index in [9.17, 15) is 4.79 Å². The number of ether oxygens (including phenoxy) is 1. The topological polar surface area (TPSA) is 114 Å². The Morgan fingerprint density at radius 2 is 1.88 bits per heavy atom. The summed E-state index contributed by atoms with van der Waals surface area (Å²) in [6, 6.07) is 0.299. The maximum atomic E-state index is 12.6. The lowest BCUT2D eigenvalue weighted by atomic mass is 10.1. The molecule has 2 saturated heterocycles. The number of fused-ring (bicyclic) bond motifs is 1. The van der Waals surface area contributed by atoms with Gasteiger partial charge in [-0.25, -0.2) is 15.6 Å². The molecule has 3 N–H and O–H groups in total. The molecule has 0 aliphatic carbocycles. The van der Waals surface area contributed by atoms with Gasteiger partial charge in [0.25, 0.3) is 0 Å². The molecule has 0 aromatic carbocycles. The van der Waals surface area contributed by atoms with E-state index in [4.69, 9.17) is 22.2 Å². The van der Waals surface area contributed by atoms with Crippen molar-refractivity contribution in [3.63, 3.8) is 0 Å². The van der Waals surface area contributed by atoms with Gasteiger partial charge < -0.3 is 24.5 Å². The average Bonchev–Trinajstić information content (AvgIpc) is 3.11. The Hall–Kier alpha value is -2.17. The molecule has 140 valence electrons. The van der Waals surface area contributed by atoms with Crippen molar-refractivity contribution in [2.24, 2.45) is 5.84 Å². The number of nitrogens with one attached hydrogen (secondary N) is 1. The molecule has 0 spiro atoms. The monoisotopic (exact) mass is 380 g/mol. The summed E-state index contributed by atoms with van der Waals surface area (Å²) >= 11 is 5.99. The average molecular weight is 381 g/mol. The van der Waals surface area contributed by atoms with Crippen LogP contribution in [0.1, 0.15) is 18.9 Å². The van der Waals surface area contributed by atoms with Crippen LogP contribution in [0.25, 0.3) is 11.2 Å². The van der Waals surface area contributed by atoms with Gasteiger partial charge in [0.2, 0.25) is 5.28 Å². The Balaban J connectivity index is 1.47. The van der Waals surface area contributed by atoms with Gasteiger partial charge in [0.1, 0.15) is 0 Å². The van der Waals surface area contributed by atoms with Crippen molar-refractivity contribution >= 4 is 34.6 Å². The number of hydrogen-bond acceptors (Lipinski definition) is 7. The number of rotatable bonds is 2. The molecule has 2 aromatic rings. The zero-order valence-electron chi connectivity index (χ0n) is 14.3. The Labute approximate surface area is 155 Å². The fourth-order valence-corrected chi connectivity index (χ4v) is 3.71. The van der Waals surface area contributed by atoms with Gasteiger partial charge in [-0.2, -0.15) is 9.97 Å². The van der Waals surface area contributed by atoms with Crippen LogP contribution in [-0.4, -0.2) is 74.7 Å². The molecule has 2 amide bonds. The summed E-state index contributed by atoms with van der Waals surface area (Å²) in [6.45, 7) is 3.94. The van der Waals surface area contributed by atoms with E-state index in [1.807, 2.05) is 14.4 Å². The third kappa shape index (κ3) is 3.15. The summed E-state index contributed by atoms with van der Waals surface area (Å²) in [6.07, 6.45) is 3.39. The van der Waals surface area contributed by atoms with Gasteiger partial charge in [0.15, 0.2) is 17.0 Å². The predicted molar refractivity (Wildman–Crippen MR) is 95.8 cm³/mol. The fraction of sp³-hybridized carbons (Fsp3) is 0.600. The SMILES string of the molecule is NNc1nc(Cl)nc2c1ncn2C1CCN(C(=O)N2CCOCC2)CC1. The number of piperidine rings is 1. The van der Waals surface area contributed by atoms with Crippen LogP contribution in [0.4, 0.5) is 10.6 Å². The smallest absolute Gasteiger partial charge is 0.320 e. The van der Waals surface area contributed by atoms with E-state index in [2.05, 4.69) is 20.4 Å². The van der Waals surface area contributed by atoms with Gasteiger partial charge in [-0.3, -0.25) is 0 Å². The van der Waals surface area contributed by atoms with Crippen LogP contribution in [0, 0.1) is 0 Å². The molecule has 0 bridgehead atoms.